The molecular weight excluding hydrogens is 332 g/mol. The fourth-order valence-electron chi connectivity index (χ4n) is 3.12. The van der Waals surface area contributed by atoms with E-state index in [0.29, 0.717) is 25.0 Å². The van der Waals surface area contributed by atoms with E-state index in [1.54, 1.807) is 18.2 Å². The van der Waals surface area contributed by atoms with Crippen LogP contribution >= 0.6 is 0 Å². The first kappa shape index (κ1) is 16.9. The molecule has 0 aliphatic heterocycles. The minimum Gasteiger partial charge on any atom is -0.480 e. The predicted octanol–water partition coefficient (Wildman–Crippen LogP) is 1.65. The Morgan fingerprint density at radius 1 is 1.38 bits per heavy atom. The van der Waals surface area contributed by atoms with Crippen LogP contribution in [0.5, 0.6) is 0 Å². The number of aliphatic carboxylic acids is 1. The lowest BCUT2D eigenvalue weighted by molar-refractivity contribution is -0.139. The van der Waals surface area contributed by atoms with Crippen molar-refractivity contribution in [2.24, 2.45) is 0 Å². The highest BCUT2D eigenvalue weighted by Gasteiger charge is 2.36. The van der Waals surface area contributed by atoms with Crippen molar-refractivity contribution in [1.82, 2.24) is 9.62 Å². The average molecular weight is 352 g/mol. The van der Waals surface area contributed by atoms with Crippen LogP contribution in [0, 0.1) is 0 Å². The SMILES string of the molecule is CCN(CC(=O)O)C1CC(NS(=O)(=O)c2cccc3ccoc23)C1. The van der Waals surface area contributed by atoms with Gasteiger partial charge in [0.05, 0.1) is 12.8 Å². The number of nitrogens with zero attached hydrogens (tertiary/aromatic N) is 1. The predicted molar refractivity (Wildman–Crippen MR) is 88.2 cm³/mol. The summed E-state index contributed by atoms with van der Waals surface area (Å²) in [5.74, 6) is -0.870. The van der Waals surface area contributed by atoms with Crippen LogP contribution in [0.25, 0.3) is 11.0 Å². The third-order valence-electron chi connectivity index (χ3n) is 4.43. The zero-order valence-corrected chi connectivity index (χ0v) is 14.1. The first-order chi connectivity index (χ1) is 11.4. The Morgan fingerprint density at radius 2 is 2.12 bits per heavy atom. The molecule has 1 heterocycles. The average Bonchev–Trinajstić information content (AvgIpc) is 2.96. The van der Waals surface area contributed by atoms with Crippen LogP contribution in [0.4, 0.5) is 0 Å². The number of fused-ring (bicyclic) bond motifs is 1. The molecule has 130 valence electrons. The van der Waals surface area contributed by atoms with Crippen LogP contribution in [0.2, 0.25) is 0 Å². The zero-order valence-electron chi connectivity index (χ0n) is 13.3. The fraction of sp³-hybridized carbons (Fsp3) is 0.438. The molecule has 3 rings (SSSR count). The van der Waals surface area contributed by atoms with Crippen LogP contribution in [0.15, 0.2) is 39.8 Å². The van der Waals surface area contributed by atoms with Crippen molar-refractivity contribution in [1.29, 1.82) is 0 Å². The number of carboxylic acid groups (broad SMARTS) is 1. The van der Waals surface area contributed by atoms with Crippen LogP contribution in [-0.2, 0) is 14.8 Å². The second-order valence-corrected chi connectivity index (χ2v) is 7.68. The minimum atomic E-state index is -3.67. The second-order valence-electron chi connectivity index (χ2n) is 6.00. The molecule has 1 fully saturated rings. The molecule has 0 bridgehead atoms. The van der Waals surface area contributed by atoms with Gasteiger partial charge in [-0.15, -0.1) is 0 Å². The van der Waals surface area contributed by atoms with E-state index in [4.69, 9.17) is 9.52 Å². The van der Waals surface area contributed by atoms with Gasteiger partial charge in [0.25, 0.3) is 0 Å². The van der Waals surface area contributed by atoms with E-state index in [0.717, 1.165) is 5.39 Å². The van der Waals surface area contributed by atoms with Crippen molar-refractivity contribution >= 4 is 27.0 Å². The number of benzene rings is 1. The number of hydrogen-bond donors (Lipinski definition) is 2. The van der Waals surface area contributed by atoms with Crippen molar-refractivity contribution in [2.45, 2.75) is 36.7 Å². The van der Waals surface area contributed by atoms with Crippen molar-refractivity contribution < 1.29 is 22.7 Å². The Kier molecular flexibility index (Phi) is 4.62. The molecule has 1 aliphatic carbocycles. The summed E-state index contributed by atoms with van der Waals surface area (Å²) in [7, 11) is -3.67. The van der Waals surface area contributed by atoms with E-state index in [1.807, 2.05) is 11.8 Å². The molecule has 0 spiro atoms. The van der Waals surface area contributed by atoms with Gasteiger partial charge in [0.1, 0.15) is 4.90 Å². The van der Waals surface area contributed by atoms with E-state index in [2.05, 4.69) is 4.72 Å². The van der Waals surface area contributed by atoms with E-state index in [9.17, 15) is 13.2 Å². The highest BCUT2D eigenvalue weighted by atomic mass is 32.2. The van der Waals surface area contributed by atoms with Crippen molar-refractivity contribution in [3.63, 3.8) is 0 Å². The summed E-state index contributed by atoms with van der Waals surface area (Å²) in [6.45, 7) is 2.51. The molecule has 0 amide bonds. The first-order valence-electron chi connectivity index (χ1n) is 7.85. The Morgan fingerprint density at radius 3 is 2.79 bits per heavy atom. The summed E-state index contributed by atoms with van der Waals surface area (Å²) in [5.41, 5.74) is 0.349. The van der Waals surface area contributed by atoms with Crippen LogP contribution < -0.4 is 4.72 Å². The van der Waals surface area contributed by atoms with Crippen molar-refractivity contribution in [2.75, 3.05) is 13.1 Å². The molecule has 1 aromatic heterocycles. The molecule has 1 aromatic carbocycles. The molecule has 24 heavy (non-hydrogen) atoms. The standard InChI is InChI=1S/C16H20N2O5S/c1-2-18(10-15(19)20)13-8-12(9-13)17-24(21,22)14-5-3-4-11-6-7-23-16(11)14/h3-7,12-13,17H,2,8-10H2,1H3,(H,19,20). The van der Waals surface area contributed by atoms with Crippen molar-refractivity contribution in [3.8, 4) is 0 Å². The summed E-state index contributed by atoms with van der Waals surface area (Å²) in [6.07, 6.45) is 2.68. The van der Waals surface area contributed by atoms with Gasteiger partial charge in [-0.3, -0.25) is 9.69 Å². The molecule has 2 N–H and O–H groups in total. The molecule has 2 aromatic rings. The third-order valence-corrected chi connectivity index (χ3v) is 5.97. The molecule has 0 atom stereocenters. The highest BCUT2D eigenvalue weighted by Crippen LogP contribution is 2.29. The van der Waals surface area contributed by atoms with Gasteiger partial charge in [-0.2, -0.15) is 0 Å². The van der Waals surface area contributed by atoms with Crippen LogP contribution in [0.1, 0.15) is 19.8 Å². The lowest BCUT2D eigenvalue weighted by Gasteiger charge is -2.42. The number of sulfonamides is 1. The summed E-state index contributed by atoms with van der Waals surface area (Å²) in [6, 6.07) is 6.63. The lowest BCUT2D eigenvalue weighted by Crippen LogP contribution is -2.54. The Bertz CT molecular complexity index is 839. The monoisotopic (exact) mass is 352 g/mol. The number of para-hydroxylation sites is 1. The Balaban J connectivity index is 1.67. The number of rotatable bonds is 7. The molecular formula is C16H20N2O5S. The summed E-state index contributed by atoms with van der Waals surface area (Å²) in [4.78, 5) is 12.8. The van der Waals surface area contributed by atoms with E-state index < -0.39 is 16.0 Å². The number of carboxylic acids is 1. The second kappa shape index (κ2) is 6.54. The normalized spacial score (nSPS) is 21.1. The maximum Gasteiger partial charge on any atom is 0.317 e. The maximum atomic E-state index is 12.6. The topological polar surface area (TPSA) is 99.9 Å². The summed E-state index contributed by atoms with van der Waals surface area (Å²) in [5, 5.41) is 9.64. The van der Waals surface area contributed by atoms with Crippen LogP contribution in [-0.4, -0.2) is 49.6 Å². The smallest absolute Gasteiger partial charge is 0.317 e. The van der Waals surface area contributed by atoms with Gasteiger partial charge in [0.15, 0.2) is 5.58 Å². The fourth-order valence-corrected chi connectivity index (χ4v) is 4.54. The van der Waals surface area contributed by atoms with E-state index >= 15 is 0 Å². The number of nitrogens with one attached hydrogen (secondary N) is 1. The first-order valence-corrected chi connectivity index (χ1v) is 9.33. The van der Waals surface area contributed by atoms with Gasteiger partial charge in [-0.05, 0) is 31.5 Å². The minimum absolute atomic E-state index is 0.0215. The number of likely N-dealkylation sites (N-methyl/N-ethyl adjacent to an activating group) is 1. The number of carbonyl (C=O) groups is 1. The van der Waals surface area contributed by atoms with E-state index in [-0.39, 0.29) is 23.5 Å². The maximum absolute atomic E-state index is 12.6. The lowest BCUT2D eigenvalue weighted by atomic mass is 9.86. The van der Waals surface area contributed by atoms with Gasteiger partial charge in [0, 0.05) is 17.5 Å². The van der Waals surface area contributed by atoms with Gasteiger partial charge in [-0.25, -0.2) is 13.1 Å². The molecule has 0 unspecified atom stereocenters. The number of furan rings is 1. The van der Waals surface area contributed by atoms with E-state index in [1.165, 1.54) is 12.3 Å². The Labute approximate surface area is 140 Å². The molecule has 1 saturated carbocycles. The molecule has 8 heteroatoms. The highest BCUT2D eigenvalue weighted by molar-refractivity contribution is 7.89. The molecule has 0 radical (unpaired) electrons. The zero-order chi connectivity index (χ0) is 17.3. The molecule has 7 nitrogen and oxygen atoms in total. The van der Waals surface area contributed by atoms with Gasteiger partial charge in [-0.1, -0.05) is 19.1 Å². The molecule has 1 aliphatic rings. The van der Waals surface area contributed by atoms with Gasteiger partial charge >= 0.3 is 5.97 Å². The summed E-state index contributed by atoms with van der Waals surface area (Å²) >= 11 is 0. The third kappa shape index (κ3) is 3.31. The largest absolute Gasteiger partial charge is 0.480 e. The summed E-state index contributed by atoms with van der Waals surface area (Å²) < 4.78 is 33.2. The number of hydrogen-bond acceptors (Lipinski definition) is 5. The van der Waals surface area contributed by atoms with Crippen molar-refractivity contribution in [3.05, 3.63) is 30.5 Å². The van der Waals surface area contributed by atoms with Crippen LogP contribution in [0.3, 0.4) is 0 Å². The van der Waals surface area contributed by atoms with Gasteiger partial charge in [0.2, 0.25) is 10.0 Å². The quantitative estimate of drug-likeness (QED) is 0.786. The van der Waals surface area contributed by atoms with Gasteiger partial charge < -0.3 is 9.52 Å². The molecule has 0 saturated heterocycles. The Hall–Kier alpha value is -1.90.